The van der Waals surface area contributed by atoms with Gasteiger partial charge in [-0.2, -0.15) is 4.99 Å². The first-order valence-electron chi connectivity index (χ1n) is 6.36. The number of nitrogens with two attached hydrogens (primary N) is 1. The van der Waals surface area contributed by atoms with Gasteiger partial charge in [0, 0.05) is 0 Å². The van der Waals surface area contributed by atoms with E-state index in [1.54, 1.807) is 48.5 Å². The zero-order valence-electron chi connectivity index (χ0n) is 11.2. The van der Waals surface area contributed by atoms with Crippen molar-refractivity contribution in [1.29, 1.82) is 0 Å². The van der Waals surface area contributed by atoms with Crippen molar-refractivity contribution in [2.45, 2.75) is 5.60 Å². The summed E-state index contributed by atoms with van der Waals surface area (Å²) in [6.45, 7) is 0. The van der Waals surface area contributed by atoms with Gasteiger partial charge in [0.1, 0.15) is 11.7 Å². The van der Waals surface area contributed by atoms with E-state index in [2.05, 4.69) is 4.99 Å². The summed E-state index contributed by atoms with van der Waals surface area (Å²) in [4.78, 5) is 15.1. The Bertz CT molecular complexity index is 602. The van der Waals surface area contributed by atoms with E-state index in [1.807, 2.05) is 12.1 Å². The average Bonchev–Trinajstić information content (AvgIpc) is 2.55. The zero-order valence-corrected chi connectivity index (χ0v) is 12.0. The standard InChI is InChI=1S/C16H15ClN2O2/c17-11-14(20)19-15(18)16(21,12-7-3-1-4-8-12)13-9-5-2-6-10-13/h1-10,21H,11H2,(H2,18,19,20). The number of amidine groups is 1. The lowest BCUT2D eigenvalue weighted by atomic mass is 9.85. The van der Waals surface area contributed by atoms with E-state index in [0.29, 0.717) is 11.1 Å². The van der Waals surface area contributed by atoms with Crippen molar-refractivity contribution in [2.75, 3.05) is 5.88 Å². The van der Waals surface area contributed by atoms with E-state index < -0.39 is 11.5 Å². The van der Waals surface area contributed by atoms with Crippen LogP contribution in [0.25, 0.3) is 0 Å². The minimum Gasteiger partial charge on any atom is -0.384 e. The summed E-state index contributed by atoms with van der Waals surface area (Å²) in [5, 5.41) is 11.1. The lowest BCUT2D eigenvalue weighted by Crippen LogP contribution is -2.43. The first kappa shape index (κ1) is 15.2. The molecule has 0 radical (unpaired) electrons. The molecule has 21 heavy (non-hydrogen) atoms. The van der Waals surface area contributed by atoms with Gasteiger partial charge >= 0.3 is 0 Å². The minimum atomic E-state index is -1.68. The van der Waals surface area contributed by atoms with Crippen LogP contribution in [0.1, 0.15) is 11.1 Å². The number of benzene rings is 2. The third-order valence-electron chi connectivity index (χ3n) is 3.11. The third-order valence-corrected chi connectivity index (χ3v) is 3.34. The second-order valence-corrected chi connectivity index (χ2v) is 4.73. The lowest BCUT2D eigenvalue weighted by molar-refractivity contribution is -0.115. The molecule has 0 heterocycles. The van der Waals surface area contributed by atoms with E-state index in [0.717, 1.165) is 0 Å². The van der Waals surface area contributed by atoms with Crippen LogP contribution in [0.15, 0.2) is 65.7 Å². The molecule has 2 aromatic carbocycles. The summed E-state index contributed by atoms with van der Waals surface area (Å²) in [5.41, 5.74) is 5.29. The molecule has 5 heteroatoms. The van der Waals surface area contributed by atoms with E-state index >= 15 is 0 Å². The lowest BCUT2D eigenvalue weighted by Gasteiger charge is -2.28. The van der Waals surface area contributed by atoms with Gasteiger partial charge in [-0.15, -0.1) is 11.6 Å². The number of hydrogen-bond donors (Lipinski definition) is 2. The maximum absolute atomic E-state index is 11.4. The number of nitrogens with zero attached hydrogens (tertiary/aromatic N) is 1. The van der Waals surface area contributed by atoms with Crippen LogP contribution < -0.4 is 5.73 Å². The van der Waals surface area contributed by atoms with Crippen LogP contribution in [-0.4, -0.2) is 22.7 Å². The Morgan fingerprint density at radius 2 is 1.48 bits per heavy atom. The SMILES string of the molecule is NC(=NC(=O)CCl)C(O)(c1ccccc1)c1ccccc1. The van der Waals surface area contributed by atoms with E-state index in [-0.39, 0.29) is 11.7 Å². The predicted octanol–water partition coefficient (Wildman–Crippen LogP) is 2.05. The molecule has 0 bridgehead atoms. The molecule has 0 saturated carbocycles. The van der Waals surface area contributed by atoms with Crippen molar-refractivity contribution in [3.8, 4) is 0 Å². The molecule has 2 aromatic rings. The van der Waals surface area contributed by atoms with Gasteiger partial charge in [0.05, 0.1) is 0 Å². The molecule has 0 aliphatic rings. The summed E-state index contributed by atoms with van der Waals surface area (Å²) in [5.74, 6) is -1.09. The highest BCUT2D eigenvalue weighted by atomic mass is 35.5. The van der Waals surface area contributed by atoms with Crippen molar-refractivity contribution in [3.05, 3.63) is 71.8 Å². The highest BCUT2D eigenvalue weighted by molar-refractivity contribution is 6.28. The molecule has 3 N–H and O–H groups in total. The normalized spacial score (nSPS) is 12.2. The van der Waals surface area contributed by atoms with Crippen LogP contribution in [0, 0.1) is 0 Å². The topological polar surface area (TPSA) is 75.7 Å². The Kier molecular flexibility index (Phi) is 4.73. The molecule has 0 aromatic heterocycles. The molecular weight excluding hydrogens is 288 g/mol. The largest absolute Gasteiger partial charge is 0.384 e. The number of aliphatic hydroxyl groups is 1. The second-order valence-electron chi connectivity index (χ2n) is 4.47. The second kappa shape index (κ2) is 6.52. The first-order chi connectivity index (χ1) is 10.1. The van der Waals surface area contributed by atoms with Crippen molar-refractivity contribution >= 4 is 23.3 Å². The van der Waals surface area contributed by atoms with Gasteiger partial charge in [-0.25, -0.2) is 0 Å². The van der Waals surface area contributed by atoms with Gasteiger partial charge in [-0.3, -0.25) is 4.79 Å². The maximum Gasteiger partial charge on any atom is 0.262 e. The van der Waals surface area contributed by atoms with Gasteiger partial charge < -0.3 is 10.8 Å². The molecule has 0 spiro atoms. The quantitative estimate of drug-likeness (QED) is 0.515. The number of alkyl halides is 1. The number of hydrogen-bond acceptors (Lipinski definition) is 2. The van der Waals surface area contributed by atoms with Crippen LogP contribution in [0.4, 0.5) is 0 Å². The van der Waals surface area contributed by atoms with Gasteiger partial charge in [0.15, 0.2) is 5.60 Å². The summed E-state index contributed by atoms with van der Waals surface area (Å²) in [6, 6.07) is 17.7. The molecular formula is C16H15ClN2O2. The molecule has 0 atom stereocenters. The third kappa shape index (κ3) is 3.12. The minimum absolute atomic E-state index is 0.203. The molecule has 0 saturated heterocycles. The van der Waals surface area contributed by atoms with E-state index in [9.17, 15) is 9.90 Å². The van der Waals surface area contributed by atoms with Crippen molar-refractivity contribution < 1.29 is 9.90 Å². The fourth-order valence-corrected chi connectivity index (χ4v) is 2.13. The molecule has 0 unspecified atom stereocenters. The van der Waals surface area contributed by atoms with Gasteiger partial charge in [-0.1, -0.05) is 60.7 Å². The Morgan fingerprint density at radius 1 is 1.05 bits per heavy atom. The smallest absolute Gasteiger partial charge is 0.262 e. The summed E-state index contributed by atoms with van der Waals surface area (Å²) in [7, 11) is 0. The molecule has 0 fully saturated rings. The summed E-state index contributed by atoms with van der Waals surface area (Å²) < 4.78 is 0. The Balaban J connectivity index is 2.60. The van der Waals surface area contributed by atoms with Crippen molar-refractivity contribution in [3.63, 3.8) is 0 Å². The summed E-state index contributed by atoms with van der Waals surface area (Å²) in [6.07, 6.45) is 0. The fraction of sp³-hybridized carbons (Fsp3) is 0.125. The van der Waals surface area contributed by atoms with Crippen LogP contribution in [0.5, 0.6) is 0 Å². The van der Waals surface area contributed by atoms with Gasteiger partial charge in [0.25, 0.3) is 5.91 Å². The number of halogens is 1. The first-order valence-corrected chi connectivity index (χ1v) is 6.89. The number of rotatable bonds is 4. The van der Waals surface area contributed by atoms with Crippen LogP contribution in [0.2, 0.25) is 0 Å². The van der Waals surface area contributed by atoms with Crippen LogP contribution in [0.3, 0.4) is 0 Å². The maximum atomic E-state index is 11.4. The Hall–Kier alpha value is -2.17. The van der Waals surface area contributed by atoms with Crippen molar-refractivity contribution in [1.82, 2.24) is 0 Å². The Labute approximate surface area is 127 Å². The van der Waals surface area contributed by atoms with E-state index in [4.69, 9.17) is 17.3 Å². The highest BCUT2D eigenvalue weighted by Gasteiger charge is 2.36. The highest BCUT2D eigenvalue weighted by Crippen LogP contribution is 2.29. The number of amides is 1. The average molecular weight is 303 g/mol. The summed E-state index contributed by atoms with van der Waals surface area (Å²) >= 11 is 5.44. The van der Waals surface area contributed by atoms with Gasteiger partial charge in [0.2, 0.25) is 0 Å². The number of carbonyl (C=O) groups excluding carboxylic acids is 1. The molecule has 0 aliphatic carbocycles. The monoisotopic (exact) mass is 302 g/mol. The predicted molar refractivity (Wildman–Crippen MR) is 83.2 cm³/mol. The number of carbonyl (C=O) groups is 1. The molecule has 1 amide bonds. The van der Waals surface area contributed by atoms with Gasteiger partial charge in [-0.05, 0) is 11.1 Å². The fourth-order valence-electron chi connectivity index (χ4n) is 2.07. The Morgan fingerprint density at radius 3 is 1.86 bits per heavy atom. The molecule has 2 rings (SSSR count). The van der Waals surface area contributed by atoms with Crippen LogP contribution in [-0.2, 0) is 10.4 Å². The number of aliphatic imine (C=N–C) groups is 1. The molecule has 0 aliphatic heterocycles. The molecule has 4 nitrogen and oxygen atoms in total. The molecule has 108 valence electrons. The van der Waals surface area contributed by atoms with Crippen molar-refractivity contribution in [2.24, 2.45) is 10.7 Å². The zero-order chi connectivity index (χ0) is 15.3. The van der Waals surface area contributed by atoms with E-state index in [1.165, 1.54) is 0 Å². The van der Waals surface area contributed by atoms with Crippen LogP contribution >= 0.6 is 11.6 Å².